The minimum Gasteiger partial charge on any atom is -0.378 e. The Hall–Kier alpha value is -2.17. The molecule has 0 saturated carbocycles. The Morgan fingerprint density at radius 3 is 2.50 bits per heavy atom. The summed E-state index contributed by atoms with van der Waals surface area (Å²) < 4.78 is 5.53. The van der Waals surface area contributed by atoms with Crippen molar-refractivity contribution in [3.8, 4) is 0 Å². The molecular weight excluding hydrogens is 316 g/mol. The average molecular weight is 334 g/mol. The van der Waals surface area contributed by atoms with Gasteiger partial charge in [-0.15, -0.1) is 0 Å². The van der Waals surface area contributed by atoms with Crippen molar-refractivity contribution in [3.05, 3.63) is 54.6 Å². The van der Waals surface area contributed by atoms with Crippen LogP contribution in [0.4, 0.5) is 17.1 Å². The van der Waals surface area contributed by atoms with Crippen molar-refractivity contribution in [1.29, 1.82) is 0 Å². The van der Waals surface area contributed by atoms with Crippen LogP contribution >= 0.6 is 11.8 Å². The zero-order chi connectivity index (χ0) is 15.9. The predicted octanol–water partition coefficient (Wildman–Crippen LogP) is 4.88. The number of benzene rings is 3. The first kappa shape index (κ1) is 14.2. The fraction of sp³-hybridized carbons (Fsp3) is 0.200. The minimum atomic E-state index is 0.802. The maximum Gasteiger partial charge on any atom is 0.0642 e. The SMILES string of the molecule is c1ccc2c(c1)Nc1cc(N3CCOCC3)c3ccccc3c1S2. The topological polar surface area (TPSA) is 24.5 Å². The largest absolute Gasteiger partial charge is 0.378 e. The zero-order valence-corrected chi connectivity index (χ0v) is 14.1. The summed E-state index contributed by atoms with van der Waals surface area (Å²) in [5.74, 6) is 0. The number of anilines is 3. The number of nitrogens with zero attached hydrogens (tertiary/aromatic N) is 1. The first-order valence-corrected chi connectivity index (χ1v) is 9.14. The summed E-state index contributed by atoms with van der Waals surface area (Å²) in [5, 5.41) is 6.28. The van der Waals surface area contributed by atoms with Gasteiger partial charge in [0.25, 0.3) is 0 Å². The van der Waals surface area contributed by atoms with Crippen LogP contribution in [0.25, 0.3) is 10.8 Å². The van der Waals surface area contributed by atoms with E-state index in [0.717, 1.165) is 26.3 Å². The fourth-order valence-electron chi connectivity index (χ4n) is 3.51. The van der Waals surface area contributed by atoms with E-state index in [1.807, 2.05) is 11.8 Å². The molecule has 0 unspecified atom stereocenters. The van der Waals surface area contributed by atoms with Gasteiger partial charge < -0.3 is 15.0 Å². The number of hydrogen-bond donors (Lipinski definition) is 1. The van der Waals surface area contributed by atoms with Crippen molar-refractivity contribution in [2.24, 2.45) is 0 Å². The summed E-state index contributed by atoms with van der Waals surface area (Å²) in [6.45, 7) is 3.51. The maximum atomic E-state index is 5.53. The molecular formula is C20H18N2OS. The summed E-state index contributed by atoms with van der Waals surface area (Å²) >= 11 is 1.86. The van der Waals surface area contributed by atoms with Crippen molar-refractivity contribution < 1.29 is 4.74 Å². The van der Waals surface area contributed by atoms with Crippen LogP contribution in [0.3, 0.4) is 0 Å². The van der Waals surface area contributed by atoms with Gasteiger partial charge in [0.15, 0.2) is 0 Å². The number of para-hydroxylation sites is 1. The molecule has 5 rings (SSSR count). The summed E-state index contributed by atoms with van der Waals surface area (Å²) in [6.07, 6.45) is 0. The third-order valence-electron chi connectivity index (χ3n) is 4.69. The summed E-state index contributed by atoms with van der Waals surface area (Å²) in [4.78, 5) is 5.05. The van der Waals surface area contributed by atoms with E-state index in [-0.39, 0.29) is 0 Å². The molecule has 1 N–H and O–H groups in total. The Bertz CT molecular complexity index is 919. The molecule has 3 aromatic rings. The molecule has 0 amide bonds. The number of rotatable bonds is 1. The van der Waals surface area contributed by atoms with Crippen LogP contribution < -0.4 is 10.2 Å². The zero-order valence-electron chi connectivity index (χ0n) is 13.3. The van der Waals surface area contributed by atoms with Crippen LogP contribution in [0.1, 0.15) is 0 Å². The summed E-state index contributed by atoms with van der Waals surface area (Å²) in [7, 11) is 0. The van der Waals surface area contributed by atoms with Gasteiger partial charge in [0.2, 0.25) is 0 Å². The van der Waals surface area contributed by atoms with Gasteiger partial charge in [-0.3, -0.25) is 0 Å². The second-order valence-electron chi connectivity index (χ2n) is 6.14. The van der Waals surface area contributed by atoms with Gasteiger partial charge in [-0.05, 0) is 23.6 Å². The Balaban J connectivity index is 1.70. The van der Waals surface area contributed by atoms with Crippen molar-refractivity contribution in [1.82, 2.24) is 0 Å². The van der Waals surface area contributed by atoms with E-state index in [4.69, 9.17) is 4.74 Å². The van der Waals surface area contributed by atoms with E-state index < -0.39 is 0 Å². The molecule has 120 valence electrons. The molecule has 0 atom stereocenters. The van der Waals surface area contributed by atoms with E-state index in [1.165, 1.54) is 37.6 Å². The third-order valence-corrected chi connectivity index (χ3v) is 5.91. The predicted molar refractivity (Wildman–Crippen MR) is 101 cm³/mol. The van der Waals surface area contributed by atoms with Crippen molar-refractivity contribution in [2.75, 3.05) is 36.5 Å². The van der Waals surface area contributed by atoms with Gasteiger partial charge in [-0.2, -0.15) is 0 Å². The lowest BCUT2D eigenvalue weighted by Gasteiger charge is -2.32. The van der Waals surface area contributed by atoms with E-state index in [2.05, 4.69) is 64.8 Å². The van der Waals surface area contributed by atoms with E-state index >= 15 is 0 Å². The lowest BCUT2D eigenvalue weighted by Crippen LogP contribution is -2.36. The Kier molecular flexibility index (Phi) is 3.39. The summed E-state index contributed by atoms with van der Waals surface area (Å²) in [5.41, 5.74) is 3.71. The van der Waals surface area contributed by atoms with Crippen LogP contribution in [0.2, 0.25) is 0 Å². The second kappa shape index (κ2) is 5.72. The minimum absolute atomic E-state index is 0.802. The van der Waals surface area contributed by atoms with Gasteiger partial charge in [0.1, 0.15) is 0 Å². The van der Waals surface area contributed by atoms with Crippen molar-refractivity contribution in [2.45, 2.75) is 9.79 Å². The molecule has 24 heavy (non-hydrogen) atoms. The van der Waals surface area contributed by atoms with Gasteiger partial charge >= 0.3 is 0 Å². The molecule has 3 aromatic carbocycles. The van der Waals surface area contributed by atoms with Crippen molar-refractivity contribution in [3.63, 3.8) is 0 Å². The molecule has 3 nitrogen and oxygen atoms in total. The summed E-state index contributed by atoms with van der Waals surface area (Å²) in [6, 6.07) is 19.6. The first-order valence-electron chi connectivity index (χ1n) is 8.32. The number of fused-ring (bicyclic) bond motifs is 4. The lowest BCUT2D eigenvalue weighted by molar-refractivity contribution is 0.123. The molecule has 2 aliphatic rings. The van der Waals surface area contributed by atoms with E-state index in [1.54, 1.807) is 0 Å². The van der Waals surface area contributed by atoms with Crippen LogP contribution in [-0.2, 0) is 4.74 Å². The third kappa shape index (κ3) is 2.26. The molecule has 0 spiro atoms. The first-order chi connectivity index (χ1) is 11.9. The molecule has 0 radical (unpaired) electrons. The monoisotopic (exact) mass is 334 g/mol. The average Bonchev–Trinajstić information content (AvgIpc) is 2.66. The number of hydrogen-bond acceptors (Lipinski definition) is 4. The van der Waals surface area contributed by atoms with Crippen molar-refractivity contribution >= 4 is 39.6 Å². The molecule has 2 aliphatic heterocycles. The Morgan fingerprint density at radius 2 is 1.62 bits per heavy atom. The Morgan fingerprint density at radius 1 is 0.875 bits per heavy atom. The van der Waals surface area contributed by atoms with Crippen LogP contribution in [-0.4, -0.2) is 26.3 Å². The van der Waals surface area contributed by atoms with Gasteiger partial charge in [-0.25, -0.2) is 0 Å². The van der Waals surface area contributed by atoms with E-state index in [9.17, 15) is 0 Å². The van der Waals surface area contributed by atoms with Gasteiger partial charge in [-0.1, -0.05) is 48.2 Å². The quantitative estimate of drug-likeness (QED) is 0.536. The van der Waals surface area contributed by atoms with Gasteiger partial charge in [0.05, 0.1) is 24.6 Å². The number of ether oxygens (including phenoxy) is 1. The molecule has 1 fully saturated rings. The maximum absolute atomic E-state index is 5.53. The molecule has 0 aliphatic carbocycles. The van der Waals surface area contributed by atoms with Gasteiger partial charge in [0, 0.05) is 34.0 Å². The molecule has 0 aromatic heterocycles. The normalized spacial score (nSPS) is 16.4. The lowest BCUT2D eigenvalue weighted by atomic mass is 10.1. The highest BCUT2D eigenvalue weighted by Gasteiger charge is 2.22. The fourth-order valence-corrected chi connectivity index (χ4v) is 4.62. The number of nitrogens with one attached hydrogen (secondary N) is 1. The highest BCUT2D eigenvalue weighted by Crippen LogP contribution is 2.49. The van der Waals surface area contributed by atoms with Crippen LogP contribution in [0, 0.1) is 0 Å². The van der Waals surface area contributed by atoms with Crippen LogP contribution in [0.5, 0.6) is 0 Å². The van der Waals surface area contributed by atoms with E-state index in [0.29, 0.717) is 0 Å². The second-order valence-corrected chi connectivity index (χ2v) is 7.19. The Labute approximate surface area is 145 Å². The highest BCUT2D eigenvalue weighted by atomic mass is 32.2. The molecule has 1 saturated heterocycles. The molecule has 0 bridgehead atoms. The molecule has 2 heterocycles. The molecule has 4 heteroatoms. The number of morpholine rings is 1. The van der Waals surface area contributed by atoms with Crippen LogP contribution in [0.15, 0.2) is 64.4 Å². The highest BCUT2D eigenvalue weighted by molar-refractivity contribution is 8.00. The smallest absolute Gasteiger partial charge is 0.0642 e. The standard InChI is InChI=1S/C20H18N2OS/c1-2-6-15-14(5-1)18(22-9-11-23-12-10-22)13-17-20(15)24-19-8-4-3-7-16(19)21-17/h1-8,13,21H,9-12H2.